The highest BCUT2D eigenvalue weighted by Crippen LogP contribution is 2.42. The average molecular weight is 299 g/mol. The molecule has 0 atom stereocenters. The molecule has 0 unspecified atom stereocenters. The Hall–Kier alpha value is -2.50. The number of nitrogens with zero attached hydrogens (tertiary/aromatic N) is 2. The van der Waals surface area contributed by atoms with Crippen molar-refractivity contribution in [2.75, 3.05) is 16.8 Å². The Kier molecular flexibility index (Phi) is 3.31. The molecule has 0 radical (unpaired) electrons. The minimum Gasteiger partial charge on any atom is -0.846 e. The number of aromatic nitrogens is 2. The van der Waals surface area contributed by atoms with E-state index in [9.17, 15) is 9.90 Å². The zero-order valence-electron chi connectivity index (χ0n) is 13.2. The van der Waals surface area contributed by atoms with Crippen molar-refractivity contribution >= 4 is 22.9 Å². The minimum absolute atomic E-state index is 0.330. The third-order valence-corrected chi connectivity index (χ3v) is 3.84. The van der Waals surface area contributed by atoms with E-state index in [1.54, 1.807) is 0 Å². The van der Waals surface area contributed by atoms with Crippen molar-refractivity contribution in [1.82, 2.24) is 9.97 Å². The molecule has 0 amide bonds. The second kappa shape index (κ2) is 5.05. The van der Waals surface area contributed by atoms with Gasteiger partial charge in [-0.15, -0.1) is 0 Å². The van der Waals surface area contributed by atoms with E-state index in [0.717, 1.165) is 22.5 Å². The summed E-state index contributed by atoms with van der Waals surface area (Å²) in [7, 11) is 0. The average Bonchev–Trinajstić information content (AvgIpc) is 2.41. The van der Waals surface area contributed by atoms with Gasteiger partial charge in [0.15, 0.2) is 5.82 Å². The molecule has 2 heterocycles. The summed E-state index contributed by atoms with van der Waals surface area (Å²) in [6.45, 7) is 8.94. The Balaban J connectivity index is 2.24. The van der Waals surface area contributed by atoms with Gasteiger partial charge in [-0.1, -0.05) is 13.8 Å². The van der Waals surface area contributed by atoms with Crippen molar-refractivity contribution < 1.29 is 5.11 Å². The Bertz CT molecular complexity index is 795. The molecular formula is C16H19N4O2-. The van der Waals surface area contributed by atoms with Crippen LogP contribution in [0.5, 0.6) is 6.01 Å². The summed E-state index contributed by atoms with van der Waals surface area (Å²) in [4.78, 5) is 20.3. The Morgan fingerprint density at radius 3 is 2.64 bits per heavy atom. The van der Waals surface area contributed by atoms with E-state index in [1.807, 2.05) is 24.8 Å². The summed E-state index contributed by atoms with van der Waals surface area (Å²) in [6.07, 6.45) is 0. The number of rotatable bonds is 2. The standard InChI is InChI=1S/C16H20N4O2/c1-8(2)7-20-12-6-10(4)9(3)5-11(12)17-13-14(20)18-16(22)19-15(13)21/h5-6,8,17H,7H2,1-4H3,(H2,18,19,21,22)/p-1. The lowest BCUT2D eigenvalue weighted by Crippen LogP contribution is -2.31. The van der Waals surface area contributed by atoms with E-state index in [0.29, 0.717) is 24.0 Å². The first-order valence-corrected chi connectivity index (χ1v) is 7.34. The lowest BCUT2D eigenvalue weighted by Gasteiger charge is -2.34. The number of hydrogen-bond acceptors (Lipinski definition) is 5. The van der Waals surface area contributed by atoms with Gasteiger partial charge >= 0.3 is 0 Å². The Labute approximate surface area is 128 Å². The van der Waals surface area contributed by atoms with Crippen LogP contribution in [0.4, 0.5) is 22.9 Å². The molecule has 2 aromatic rings. The predicted octanol–water partition coefficient (Wildman–Crippen LogP) is 2.31. The summed E-state index contributed by atoms with van der Waals surface area (Å²) in [5.74, 6) is 0.759. The van der Waals surface area contributed by atoms with Crippen molar-refractivity contribution in [2.24, 2.45) is 5.92 Å². The van der Waals surface area contributed by atoms with Crippen LogP contribution in [0.3, 0.4) is 0 Å². The van der Waals surface area contributed by atoms with Gasteiger partial charge in [0.1, 0.15) is 5.69 Å². The molecule has 0 saturated carbocycles. The first-order chi connectivity index (χ1) is 10.4. The number of fused-ring (bicyclic) bond motifs is 2. The van der Waals surface area contributed by atoms with Crippen LogP contribution < -0.4 is 20.9 Å². The van der Waals surface area contributed by atoms with E-state index in [2.05, 4.69) is 35.2 Å². The fourth-order valence-electron chi connectivity index (χ4n) is 2.67. The fraction of sp³-hybridized carbons (Fsp3) is 0.375. The van der Waals surface area contributed by atoms with Crippen molar-refractivity contribution in [1.29, 1.82) is 0 Å². The third kappa shape index (κ3) is 2.30. The molecular weight excluding hydrogens is 280 g/mol. The molecule has 0 fully saturated rings. The molecule has 116 valence electrons. The summed E-state index contributed by atoms with van der Waals surface area (Å²) in [6, 6.07) is 3.47. The van der Waals surface area contributed by atoms with Crippen LogP contribution in [0.1, 0.15) is 25.0 Å². The summed E-state index contributed by atoms with van der Waals surface area (Å²) in [5, 5.41) is 14.7. The number of benzene rings is 1. The lowest BCUT2D eigenvalue weighted by molar-refractivity contribution is -0.281. The molecule has 3 rings (SSSR count). The molecule has 1 aromatic carbocycles. The van der Waals surface area contributed by atoms with Crippen LogP contribution in [-0.2, 0) is 0 Å². The van der Waals surface area contributed by atoms with Crippen molar-refractivity contribution in [3.63, 3.8) is 0 Å². The first kappa shape index (κ1) is 14.4. The maximum Gasteiger partial charge on any atom is 0.276 e. The topological polar surface area (TPSA) is 84.1 Å². The smallest absolute Gasteiger partial charge is 0.276 e. The SMILES string of the molecule is Cc1cc2c(cc1C)N(CC(C)C)c1nc([O-])[nH]c(=O)c1N2. The van der Waals surface area contributed by atoms with E-state index < -0.39 is 11.6 Å². The molecule has 22 heavy (non-hydrogen) atoms. The largest absolute Gasteiger partial charge is 0.846 e. The zero-order chi connectivity index (χ0) is 16.0. The normalized spacial score (nSPS) is 12.9. The molecule has 0 saturated heterocycles. The molecule has 6 nitrogen and oxygen atoms in total. The molecule has 0 aliphatic carbocycles. The van der Waals surface area contributed by atoms with E-state index in [4.69, 9.17) is 0 Å². The van der Waals surface area contributed by atoms with E-state index in [1.165, 1.54) is 0 Å². The van der Waals surface area contributed by atoms with Gasteiger partial charge in [0.2, 0.25) is 0 Å². The maximum atomic E-state index is 12.1. The Morgan fingerprint density at radius 1 is 1.27 bits per heavy atom. The third-order valence-electron chi connectivity index (χ3n) is 3.84. The van der Waals surface area contributed by atoms with Gasteiger partial charge in [0, 0.05) is 6.54 Å². The van der Waals surface area contributed by atoms with E-state index >= 15 is 0 Å². The van der Waals surface area contributed by atoms with Gasteiger partial charge in [0.25, 0.3) is 5.56 Å². The summed E-state index contributed by atoms with van der Waals surface area (Å²) in [5.41, 5.74) is 4.00. The highest BCUT2D eigenvalue weighted by Gasteiger charge is 2.27. The van der Waals surface area contributed by atoms with Crippen molar-refractivity contribution in [3.05, 3.63) is 33.6 Å². The number of aryl methyl sites for hydroxylation is 2. The molecule has 0 spiro atoms. The van der Waals surface area contributed by atoms with Crippen LogP contribution in [0.25, 0.3) is 0 Å². The van der Waals surface area contributed by atoms with Gasteiger partial charge < -0.3 is 20.3 Å². The second-order valence-electron chi connectivity index (χ2n) is 6.15. The highest BCUT2D eigenvalue weighted by molar-refractivity contribution is 5.90. The van der Waals surface area contributed by atoms with Gasteiger partial charge in [0.05, 0.1) is 17.4 Å². The van der Waals surface area contributed by atoms with Crippen LogP contribution in [0.15, 0.2) is 16.9 Å². The van der Waals surface area contributed by atoms with E-state index in [-0.39, 0.29) is 0 Å². The number of anilines is 4. The number of nitrogens with one attached hydrogen (secondary N) is 2. The zero-order valence-corrected chi connectivity index (χ0v) is 13.2. The summed E-state index contributed by atoms with van der Waals surface area (Å²) >= 11 is 0. The molecule has 1 aliphatic rings. The quantitative estimate of drug-likeness (QED) is 0.889. The van der Waals surface area contributed by atoms with Crippen molar-refractivity contribution in [2.45, 2.75) is 27.7 Å². The van der Waals surface area contributed by atoms with Crippen LogP contribution in [0, 0.1) is 19.8 Å². The number of hydrogen-bond donors (Lipinski definition) is 2. The Morgan fingerprint density at radius 2 is 1.95 bits per heavy atom. The van der Waals surface area contributed by atoms with Gasteiger partial charge in [-0.2, -0.15) is 0 Å². The van der Waals surface area contributed by atoms with Crippen molar-refractivity contribution in [3.8, 4) is 6.01 Å². The predicted molar refractivity (Wildman–Crippen MR) is 85.3 cm³/mol. The molecule has 6 heteroatoms. The molecule has 1 aromatic heterocycles. The number of H-pyrrole nitrogens is 1. The lowest BCUT2D eigenvalue weighted by atomic mass is 10.0. The van der Waals surface area contributed by atoms with Gasteiger partial charge in [-0.25, -0.2) is 4.98 Å². The van der Waals surface area contributed by atoms with Crippen LogP contribution in [0.2, 0.25) is 0 Å². The monoisotopic (exact) mass is 299 g/mol. The second-order valence-corrected chi connectivity index (χ2v) is 6.15. The fourth-order valence-corrected chi connectivity index (χ4v) is 2.67. The minimum atomic E-state index is -0.619. The van der Waals surface area contributed by atoms with Crippen LogP contribution in [-0.4, -0.2) is 16.5 Å². The molecule has 0 bridgehead atoms. The highest BCUT2D eigenvalue weighted by atomic mass is 16.3. The molecule has 1 aliphatic heterocycles. The van der Waals surface area contributed by atoms with Crippen LogP contribution >= 0.6 is 0 Å². The molecule has 2 N–H and O–H groups in total. The first-order valence-electron chi connectivity index (χ1n) is 7.34. The summed E-state index contributed by atoms with van der Waals surface area (Å²) < 4.78 is 0. The van der Waals surface area contributed by atoms with Gasteiger partial charge in [-0.05, 0) is 43.0 Å². The van der Waals surface area contributed by atoms with Gasteiger partial charge in [-0.3, -0.25) is 4.79 Å². The number of aromatic amines is 1. The maximum absolute atomic E-state index is 12.1.